The maximum Gasteiger partial charge on any atom is 0.313 e. The Morgan fingerprint density at radius 1 is 0.656 bits per heavy atom. The van der Waals surface area contributed by atoms with E-state index in [2.05, 4.69) is 11.7 Å². The molecule has 0 N–H and O–H groups in total. The number of unbranched alkanes of at least 4 members (excludes halogenated alkanes) is 15. The van der Waals surface area contributed by atoms with Gasteiger partial charge in [-0.25, -0.2) is 0 Å². The molecule has 182 valence electrons. The van der Waals surface area contributed by atoms with Gasteiger partial charge in [0.2, 0.25) is 0 Å². The standard InChI is InChI=1S/C28H46O4/c1-3-4-5-6-7-8-9-10-11-12-13-14-15-16-17-18-23-32-26-21-19-25(20-22-26)27(29)24-28(30)31-2/h19-22H,3-18,23-24H2,1-2H3. The molecular formula is C28H46O4. The first-order valence-electron chi connectivity index (χ1n) is 13.0. The van der Waals surface area contributed by atoms with Gasteiger partial charge in [-0.05, 0) is 30.7 Å². The molecule has 0 aromatic heterocycles. The summed E-state index contributed by atoms with van der Waals surface area (Å²) in [6, 6.07) is 6.98. The Morgan fingerprint density at radius 2 is 1.09 bits per heavy atom. The molecule has 32 heavy (non-hydrogen) atoms. The van der Waals surface area contributed by atoms with Gasteiger partial charge in [-0.1, -0.05) is 103 Å². The summed E-state index contributed by atoms with van der Waals surface area (Å²) in [5.74, 6) is 0.0145. The number of Topliss-reactive ketones (excluding diaryl/α,β-unsaturated/α-hetero) is 1. The Kier molecular flexibility index (Phi) is 17.5. The molecule has 0 saturated carbocycles. The summed E-state index contributed by atoms with van der Waals surface area (Å²) in [5, 5.41) is 0. The maximum absolute atomic E-state index is 11.9. The smallest absolute Gasteiger partial charge is 0.313 e. The summed E-state index contributed by atoms with van der Waals surface area (Å²) in [7, 11) is 1.28. The fourth-order valence-corrected chi connectivity index (χ4v) is 3.88. The molecule has 0 fully saturated rings. The first kappa shape index (κ1) is 28.2. The lowest BCUT2D eigenvalue weighted by atomic mass is 10.0. The summed E-state index contributed by atoms with van der Waals surface area (Å²) in [4.78, 5) is 23.1. The van der Waals surface area contributed by atoms with Gasteiger partial charge in [0.1, 0.15) is 12.2 Å². The van der Waals surface area contributed by atoms with Gasteiger partial charge in [-0.15, -0.1) is 0 Å². The van der Waals surface area contributed by atoms with Crippen molar-refractivity contribution in [1.29, 1.82) is 0 Å². The monoisotopic (exact) mass is 446 g/mol. The normalized spacial score (nSPS) is 10.8. The molecule has 0 unspecified atom stereocenters. The second kappa shape index (κ2) is 19.8. The molecule has 0 aliphatic carbocycles. The van der Waals surface area contributed by atoms with Crippen molar-refractivity contribution < 1.29 is 19.1 Å². The van der Waals surface area contributed by atoms with E-state index in [-0.39, 0.29) is 12.2 Å². The fourth-order valence-electron chi connectivity index (χ4n) is 3.88. The molecule has 1 rings (SSSR count). The van der Waals surface area contributed by atoms with Crippen LogP contribution in [0.4, 0.5) is 0 Å². The maximum atomic E-state index is 11.9. The van der Waals surface area contributed by atoms with Crippen LogP contribution in [0.15, 0.2) is 24.3 Å². The largest absolute Gasteiger partial charge is 0.494 e. The van der Waals surface area contributed by atoms with E-state index < -0.39 is 5.97 Å². The van der Waals surface area contributed by atoms with E-state index in [1.165, 1.54) is 103 Å². The molecular weight excluding hydrogens is 400 g/mol. The van der Waals surface area contributed by atoms with Gasteiger partial charge in [0.15, 0.2) is 5.78 Å². The van der Waals surface area contributed by atoms with Crippen molar-refractivity contribution in [2.45, 2.75) is 116 Å². The number of rotatable bonds is 21. The minimum atomic E-state index is -0.515. The minimum Gasteiger partial charge on any atom is -0.494 e. The molecule has 0 bridgehead atoms. The lowest BCUT2D eigenvalue weighted by molar-refractivity contribution is -0.139. The van der Waals surface area contributed by atoms with Gasteiger partial charge in [-0.3, -0.25) is 9.59 Å². The van der Waals surface area contributed by atoms with Crippen LogP contribution < -0.4 is 4.74 Å². The first-order chi connectivity index (χ1) is 15.7. The zero-order valence-corrected chi connectivity index (χ0v) is 20.7. The highest BCUT2D eigenvalue weighted by Crippen LogP contribution is 2.16. The third-order valence-corrected chi connectivity index (χ3v) is 5.98. The highest BCUT2D eigenvalue weighted by atomic mass is 16.5. The summed E-state index contributed by atoms with van der Waals surface area (Å²) in [6.07, 6.45) is 21.5. The summed E-state index contributed by atoms with van der Waals surface area (Å²) in [5.41, 5.74) is 0.505. The minimum absolute atomic E-state index is 0.226. The van der Waals surface area contributed by atoms with Crippen LogP contribution in [0.25, 0.3) is 0 Å². The Bertz CT molecular complexity index is 594. The van der Waals surface area contributed by atoms with E-state index in [1.54, 1.807) is 24.3 Å². The Morgan fingerprint density at radius 3 is 1.53 bits per heavy atom. The van der Waals surface area contributed by atoms with E-state index >= 15 is 0 Å². The van der Waals surface area contributed by atoms with Crippen molar-refractivity contribution in [3.63, 3.8) is 0 Å². The topological polar surface area (TPSA) is 52.6 Å². The zero-order valence-electron chi connectivity index (χ0n) is 20.7. The van der Waals surface area contributed by atoms with Crippen LogP contribution in [0.5, 0.6) is 5.75 Å². The molecule has 0 radical (unpaired) electrons. The average Bonchev–Trinajstić information content (AvgIpc) is 2.81. The molecule has 0 saturated heterocycles. The molecule has 0 amide bonds. The molecule has 0 heterocycles. The highest BCUT2D eigenvalue weighted by Gasteiger charge is 2.11. The van der Waals surface area contributed by atoms with Gasteiger partial charge in [0.25, 0.3) is 0 Å². The van der Waals surface area contributed by atoms with Crippen molar-refractivity contribution in [2.24, 2.45) is 0 Å². The van der Waals surface area contributed by atoms with Crippen LogP contribution in [-0.4, -0.2) is 25.5 Å². The molecule has 0 atom stereocenters. The number of hydrogen-bond donors (Lipinski definition) is 0. The first-order valence-corrected chi connectivity index (χ1v) is 13.0. The van der Waals surface area contributed by atoms with E-state index in [0.29, 0.717) is 12.2 Å². The van der Waals surface area contributed by atoms with E-state index in [9.17, 15) is 9.59 Å². The third-order valence-electron chi connectivity index (χ3n) is 5.98. The molecule has 1 aromatic carbocycles. The second-order valence-corrected chi connectivity index (χ2v) is 8.85. The van der Waals surface area contributed by atoms with Crippen LogP contribution >= 0.6 is 0 Å². The summed E-state index contributed by atoms with van der Waals surface area (Å²) >= 11 is 0. The Balaban J connectivity index is 1.90. The molecule has 0 aliphatic rings. The van der Waals surface area contributed by atoms with Crippen molar-refractivity contribution in [3.05, 3.63) is 29.8 Å². The second-order valence-electron chi connectivity index (χ2n) is 8.85. The van der Waals surface area contributed by atoms with Crippen LogP contribution in [0.3, 0.4) is 0 Å². The van der Waals surface area contributed by atoms with E-state index in [4.69, 9.17) is 4.74 Å². The van der Waals surface area contributed by atoms with Crippen LogP contribution in [0.2, 0.25) is 0 Å². The third kappa shape index (κ3) is 15.0. The number of methoxy groups -OCH3 is 1. The number of hydrogen-bond acceptors (Lipinski definition) is 4. The Hall–Kier alpha value is -1.84. The molecule has 1 aromatic rings. The van der Waals surface area contributed by atoms with Gasteiger partial charge < -0.3 is 9.47 Å². The Labute approximate surface area is 196 Å². The molecule has 4 nitrogen and oxygen atoms in total. The predicted octanol–water partition coefficient (Wildman–Crippen LogP) is 8.07. The highest BCUT2D eigenvalue weighted by molar-refractivity contribution is 6.05. The zero-order chi connectivity index (χ0) is 23.3. The van der Waals surface area contributed by atoms with E-state index in [0.717, 1.165) is 12.2 Å². The SMILES string of the molecule is CCCCCCCCCCCCCCCCCCOc1ccc(C(=O)CC(=O)OC)cc1. The summed E-state index contributed by atoms with van der Waals surface area (Å²) < 4.78 is 10.3. The van der Waals surface area contributed by atoms with Crippen molar-refractivity contribution >= 4 is 11.8 Å². The lowest BCUT2D eigenvalue weighted by Crippen LogP contribution is -2.09. The predicted molar refractivity (Wildman–Crippen MR) is 132 cm³/mol. The summed E-state index contributed by atoms with van der Waals surface area (Å²) in [6.45, 7) is 2.98. The number of esters is 1. The van der Waals surface area contributed by atoms with Crippen molar-refractivity contribution in [2.75, 3.05) is 13.7 Å². The lowest BCUT2D eigenvalue weighted by Gasteiger charge is -2.07. The van der Waals surface area contributed by atoms with Gasteiger partial charge in [-0.2, -0.15) is 0 Å². The van der Waals surface area contributed by atoms with Crippen LogP contribution in [0.1, 0.15) is 126 Å². The van der Waals surface area contributed by atoms with Crippen molar-refractivity contribution in [1.82, 2.24) is 0 Å². The van der Waals surface area contributed by atoms with Gasteiger partial charge >= 0.3 is 5.97 Å². The average molecular weight is 447 g/mol. The number of carbonyl (C=O) groups is 2. The van der Waals surface area contributed by atoms with Crippen LogP contribution in [-0.2, 0) is 9.53 Å². The number of benzene rings is 1. The number of ether oxygens (including phenoxy) is 2. The fraction of sp³-hybridized carbons (Fsp3) is 0.714. The number of ketones is 1. The van der Waals surface area contributed by atoms with Crippen LogP contribution in [0, 0.1) is 0 Å². The molecule has 4 heteroatoms. The number of carbonyl (C=O) groups excluding carboxylic acids is 2. The van der Waals surface area contributed by atoms with E-state index in [1.807, 2.05) is 0 Å². The van der Waals surface area contributed by atoms with Gasteiger partial charge in [0, 0.05) is 5.56 Å². The molecule has 0 aliphatic heterocycles. The quantitative estimate of drug-likeness (QED) is 0.0829. The molecule has 0 spiro atoms. The van der Waals surface area contributed by atoms with Gasteiger partial charge in [0.05, 0.1) is 13.7 Å². The van der Waals surface area contributed by atoms with Crippen molar-refractivity contribution in [3.8, 4) is 5.75 Å².